The second kappa shape index (κ2) is 4.69. The fourth-order valence-corrected chi connectivity index (χ4v) is 3.30. The molecule has 2 aromatic heterocycles. The molecule has 1 atom stereocenters. The lowest BCUT2D eigenvalue weighted by molar-refractivity contribution is 0.106. The van der Waals surface area contributed by atoms with Crippen molar-refractivity contribution in [1.29, 1.82) is 0 Å². The molecule has 3 rings (SSSR count). The highest BCUT2D eigenvalue weighted by molar-refractivity contribution is 7.12. The minimum atomic E-state index is -0.960. The van der Waals surface area contributed by atoms with Gasteiger partial charge in [-0.05, 0) is 56.7 Å². The molecule has 1 N–H and O–H groups in total. The van der Waals surface area contributed by atoms with Crippen LogP contribution < -0.4 is 0 Å². The van der Waals surface area contributed by atoms with Crippen LogP contribution in [0.2, 0.25) is 0 Å². The maximum absolute atomic E-state index is 10.9. The lowest BCUT2D eigenvalue weighted by Crippen LogP contribution is -2.21. The Morgan fingerprint density at radius 2 is 1.85 bits per heavy atom. The maximum atomic E-state index is 10.9. The third-order valence-electron chi connectivity index (χ3n) is 3.61. The summed E-state index contributed by atoms with van der Waals surface area (Å²) in [5.41, 5.74) is 1.91. The Morgan fingerprint density at radius 1 is 1.05 bits per heavy atom. The number of thiophene rings is 1. The molecule has 0 aliphatic heterocycles. The molecule has 0 radical (unpaired) electrons. The molecule has 0 spiro atoms. The Labute approximate surface area is 122 Å². The van der Waals surface area contributed by atoms with Gasteiger partial charge in [0.25, 0.3) is 0 Å². The first-order valence-electron chi connectivity index (χ1n) is 6.64. The molecule has 20 heavy (non-hydrogen) atoms. The van der Waals surface area contributed by atoms with Gasteiger partial charge in [0.05, 0.1) is 5.52 Å². The van der Waals surface area contributed by atoms with Crippen LogP contribution in [0.25, 0.3) is 10.9 Å². The minimum absolute atomic E-state index is 0.900. The van der Waals surface area contributed by atoms with Crippen LogP contribution in [0, 0.1) is 13.8 Å². The predicted molar refractivity (Wildman–Crippen MR) is 84.2 cm³/mol. The summed E-state index contributed by atoms with van der Waals surface area (Å²) in [5.74, 6) is 0. The zero-order valence-electron chi connectivity index (χ0n) is 11.8. The highest BCUT2D eigenvalue weighted by atomic mass is 32.1. The average Bonchev–Trinajstić information content (AvgIpc) is 2.85. The fourth-order valence-electron chi connectivity index (χ4n) is 2.37. The largest absolute Gasteiger partial charge is 0.380 e. The summed E-state index contributed by atoms with van der Waals surface area (Å²) in [7, 11) is 0. The molecule has 3 heteroatoms. The number of pyridine rings is 1. The maximum Gasteiger partial charge on any atom is 0.121 e. The third-order valence-corrected chi connectivity index (χ3v) is 4.82. The van der Waals surface area contributed by atoms with E-state index in [0.717, 1.165) is 27.0 Å². The molecule has 102 valence electrons. The molecule has 0 amide bonds. The van der Waals surface area contributed by atoms with Gasteiger partial charge in [-0.1, -0.05) is 12.1 Å². The lowest BCUT2D eigenvalue weighted by atomic mass is 9.93. The summed E-state index contributed by atoms with van der Waals surface area (Å²) in [6.45, 7) is 5.89. The molecule has 0 saturated carbocycles. The molecule has 2 heterocycles. The molecule has 3 aromatic rings. The van der Waals surface area contributed by atoms with Gasteiger partial charge in [0.15, 0.2) is 0 Å². The van der Waals surface area contributed by atoms with E-state index in [0.29, 0.717) is 0 Å². The molecule has 0 aliphatic rings. The lowest BCUT2D eigenvalue weighted by Gasteiger charge is -2.23. The van der Waals surface area contributed by atoms with Crippen LogP contribution in [0.3, 0.4) is 0 Å². The van der Waals surface area contributed by atoms with Gasteiger partial charge < -0.3 is 5.11 Å². The van der Waals surface area contributed by atoms with Gasteiger partial charge in [-0.2, -0.15) is 0 Å². The van der Waals surface area contributed by atoms with Crippen LogP contribution in [0.5, 0.6) is 0 Å². The molecular weight excluding hydrogens is 266 g/mol. The van der Waals surface area contributed by atoms with Crippen molar-refractivity contribution in [2.24, 2.45) is 0 Å². The number of aliphatic hydroxyl groups is 1. The Bertz CT molecular complexity index is 774. The quantitative estimate of drug-likeness (QED) is 0.765. The van der Waals surface area contributed by atoms with Crippen molar-refractivity contribution in [3.63, 3.8) is 0 Å². The van der Waals surface area contributed by atoms with Gasteiger partial charge in [-0.15, -0.1) is 11.3 Å². The first kappa shape index (κ1) is 13.3. The smallest absolute Gasteiger partial charge is 0.121 e. The van der Waals surface area contributed by atoms with Crippen LogP contribution >= 0.6 is 11.3 Å². The number of aromatic nitrogens is 1. The zero-order chi connectivity index (χ0) is 14.3. The number of hydrogen-bond acceptors (Lipinski definition) is 3. The van der Waals surface area contributed by atoms with Crippen LogP contribution in [-0.4, -0.2) is 10.1 Å². The monoisotopic (exact) mass is 283 g/mol. The van der Waals surface area contributed by atoms with E-state index in [9.17, 15) is 5.11 Å². The van der Waals surface area contributed by atoms with Crippen LogP contribution in [0.15, 0.2) is 42.5 Å². The van der Waals surface area contributed by atoms with Gasteiger partial charge in [-0.3, -0.25) is 4.98 Å². The standard InChI is InChI=1S/C17H17NOS/c1-11-4-6-13-10-14(7-8-15(13)18-11)17(3,19)16-9-5-12(2)20-16/h4-10,19H,1-3H3. The van der Waals surface area contributed by atoms with Gasteiger partial charge in [0.2, 0.25) is 0 Å². The van der Waals surface area contributed by atoms with Crippen molar-refractivity contribution in [3.05, 3.63) is 63.5 Å². The van der Waals surface area contributed by atoms with E-state index in [2.05, 4.69) is 18.0 Å². The number of fused-ring (bicyclic) bond motifs is 1. The highest BCUT2D eigenvalue weighted by Crippen LogP contribution is 2.34. The number of hydrogen-bond donors (Lipinski definition) is 1. The second-order valence-electron chi connectivity index (χ2n) is 5.34. The Hall–Kier alpha value is -1.71. The van der Waals surface area contributed by atoms with Crippen molar-refractivity contribution in [1.82, 2.24) is 4.98 Å². The average molecular weight is 283 g/mol. The Kier molecular flexibility index (Phi) is 3.11. The number of nitrogens with zero attached hydrogens (tertiary/aromatic N) is 1. The van der Waals surface area contributed by atoms with E-state index < -0.39 is 5.60 Å². The van der Waals surface area contributed by atoms with Gasteiger partial charge in [-0.25, -0.2) is 0 Å². The van der Waals surface area contributed by atoms with Crippen molar-refractivity contribution < 1.29 is 5.11 Å². The molecule has 0 saturated heterocycles. The normalized spacial score (nSPS) is 14.4. The fraction of sp³-hybridized carbons (Fsp3) is 0.235. The summed E-state index contributed by atoms with van der Waals surface area (Å²) in [6.07, 6.45) is 0. The summed E-state index contributed by atoms with van der Waals surface area (Å²) in [4.78, 5) is 6.67. The van der Waals surface area contributed by atoms with Crippen molar-refractivity contribution in [2.75, 3.05) is 0 Å². The van der Waals surface area contributed by atoms with E-state index in [1.54, 1.807) is 11.3 Å². The van der Waals surface area contributed by atoms with E-state index in [1.165, 1.54) is 4.88 Å². The predicted octanol–water partition coefficient (Wildman–Crippen LogP) is 4.17. The van der Waals surface area contributed by atoms with Crippen molar-refractivity contribution >= 4 is 22.2 Å². The van der Waals surface area contributed by atoms with Gasteiger partial charge >= 0.3 is 0 Å². The first-order chi connectivity index (χ1) is 9.46. The third kappa shape index (κ3) is 2.23. The number of benzene rings is 1. The Morgan fingerprint density at radius 3 is 2.55 bits per heavy atom. The Balaban J connectivity index is 2.11. The number of rotatable bonds is 2. The summed E-state index contributed by atoms with van der Waals surface area (Å²) >= 11 is 1.63. The van der Waals surface area contributed by atoms with E-state index in [-0.39, 0.29) is 0 Å². The second-order valence-corrected chi connectivity index (χ2v) is 6.63. The van der Waals surface area contributed by atoms with Gasteiger partial charge in [0, 0.05) is 20.8 Å². The van der Waals surface area contributed by atoms with E-state index in [4.69, 9.17) is 0 Å². The first-order valence-corrected chi connectivity index (χ1v) is 7.45. The minimum Gasteiger partial charge on any atom is -0.380 e. The topological polar surface area (TPSA) is 33.1 Å². The van der Waals surface area contributed by atoms with Crippen LogP contribution in [-0.2, 0) is 5.60 Å². The number of aryl methyl sites for hydroxylation is 2. The van der Waals surface area contributed by atoms with Crippen molar-refractivity contribution in [3.8, 4) is 0 Å². The van der Waals surface area contributed by atoms with E-state index >= 15 is 0 Å². The summed E-state index contributed by atoms with van der Waals surface area (Å²) in [5, 5.41) is 11.9. The molecule has 0 fully saturated rings. The molecule has 0 bridgehead atoms. The van der Waals surface area contributed by atoms with Crippen molar-refractivity contribution in [2.45, 2.75) is 26.4 Å². The molecule has 0 aliphatic carbocycles. The molecule has 1 aromatic carbocycles. The van der Waals surface area contributed by atoms with Gasteiger partial charge in [0.1, 0.15) is 5.60 Å². The highest BCUT2D eigenvalue weighted by Gasteiger charge is 2.27. The summed E-state index contributed by atoms with van der Waals surface area (Å²) < 4.78 is 0. The SMILES string of the molecule is Cc1ccc2cc(C(C)(O)c3ccc(C)s3)ccc2n1. The molecule has 2 nitrogen and oxygen atoms in total. The molecule has 1 unspecified atom stereocenters. The zero-order valence-corrected chi connectivity index (χ0v) is 12.7. The molecular formula is C17H17NOS. The summed E-state index contributed by atoms with van der Waals surface area (Å²) in [6, 6.07) is 14.1. The van der Waals surface area contributed by atoms with E-state index in [1.807, 2.05) is 50.2 Å². The van der Waals surface area contributed by atoms with Crippen LogP contribution in [0.4, 0.5) is 0 Å². The van der Waals surface area contributed by atoms with Crippen LogP contribution in [0.1, 0.15) is 27.9 Å².